The van der Waals surface area contributed by atoms with Crippen LogP contribution < -0.4 is 10.6 Å². The lowest BCUT2D eigenvalue weighted by atomic mass is 10.1. The van der Waals surface area contributed by atoms with Crippen LogP contribution in [0.4, 0.5) is 25.8 Å². The third-order valence-corrected chi connectivity index (χ3v) is 3.40. The van der Waals surface area contributed by atoms with Crippen molar-refractivity contribution >= 4 is 23.0 Å². The van der Waals surface area contributed by atoms with Crippen molar-refractivity contribution in [1.82, 2.24) is 0 Å². The Kier molecular flexibility index (Phi) is 4.52. The lowest BCUT2D eigenvalue weighted by molar-refractivity contribution is 0.102. The van der Waals surface area contributed by atoms with Crippen LogP contribution in [-0.2, 0) is 0 Å². The van der Waals surface area contributed by atoms with E-state index >= 15 is 0 Å². The second-order valence-corrected chi connectivity index (χ2v) is 5.11. The van der Waals surface area contributed by atoms with Gasteiger partial charge in [0.05, 0.1) is 16.9 Å². The van der Waals surface area contributed by atoms with Gasteiger partial charge in [-0.25, -0.2) is 8.78 Å². The van der Waals surface area contributed by atoms with Crippen LogP contribution in [0.1, 0.15) is 10.4 Å². The SMILES string of the molecule is O=C(Nc1ccccc1Nc1ccccc1)c1cc(F)ccc1F. The van der Waals surface area contributed by atoms with E-state index in [0.29, 0.717) is 11.4 Å². The molecule has 0 bridgehead atoms. The van der Waals surface area contributed by atoms with E-state index < -0.39 is 17.5 Å². The van der Waals surface area contributed by atoms with Gasteiger partial charge in [-0.2, -0.15) is 0 Å². The maximum atomic E-state index is 13.7. The van der Waals surface area contributed by atoms with Crippen molar-refractivity contribution in [3.63, 3.8) is 0 Å². The zero-order valence-corrected chi connectivity index (χ0v) is 12.6. The summed E-state index contributed by atoms with van der Waals surface area (Å²) in [7, 11) is 0. The van der Waals surface area contributed by atoms with Gasteiger partial charge in [-0.15, -0.1) is 0 Å². The van der Waals surface area contributed by atoms with Crippen LogP contribution in [0.2, 0.25) is 0 Å². The van der Waals surface area contributed by atoms with E-state index in [4.69, 9.17) is 0 Å². The number of hydrogen-bond acceptors (Lipinski definition) is 2. The highest BCUT2D eigenvalue weighted by atomic mass is 19.1. The van der Waals surface area contributed by atoms with Gasteiger partial charge in [-0.3, -0.25) is 4.79 Å². The van der Waals surface area contributed by atoms with Crippen LogP contribution in [0.5, 0.6) is 0 Å². The monoisotopic (exact) mass is 324 g/mol. The second-order valence-electron chi connectivity index (χ2n) is 5.11. The highest BCUT2D eigenvalue weighted by molar-refractivity contribution is 6.06. The molecule has 0 saturated carbocycles. The number of carbonyl (C=O) groups is 1. The van der Waals surface area contributed by atoms with Gasteiger partial charge in [0, 0.05) is 5.69 Å². The Balaban J connectivity index is 1.85. The quantitative estimate of drug-likeness (QED) is 0.712. The Morgan fingerprint density at radius 1 is 0.792 bits per heavy atom. The predicted octanol–water partition coefficient (Wildman–Crippen LogP) is 4.96. The number of halogens is 2. The Bertz CT molecular complexity index is 866. The molecule has 120 valence electrons. The Morgan fingerprint density at radius 2 is 1.46 bits per heavy atom. The van der Waals surface area contributed by atoms with E-state index in [2.05, 4.69) is 10.6 Å². The molecule has 3 aromatic carbocycles. The molecule has 24 heavy (non-hydrogen) atoms. The molecular formula is C19H14F2N2O. The van der Waals surface area contributed by atoms with E-state index in [-0.39, 0.29) is 5.56 Å². The molecule has 1 amide bonds. The minimum absolute atomic E-state index is 0.343. The topological polar surface area (TPSA) is 41.1 Å². The average Bonchev–Trinajstić information content (AvgIpc) is 2.59. The molecule has 2 N–H and O–H groups in total. The summed E-state index contributed by atoms with van der Waals surface area (Å²) in [6.07, 6.45) is 0. The summed E-state index contributed by atoms with van der Waals surface area (Å²) in [6.45, 7) is 0. The molecule has 0 fully saturated rings. The Labute approximate surface area is 138 Å². The van der Waals surface area contributed by atoms with Crippen LogP contribution in [0, 0.1) is 11.6 Å². The van der Waals surface area contributed by atoms with Gasteiger partial charge in [0.25, 0.3) is 5.91 Å². The van der Waals surface area contributed by atoms with E-state index in [1.807, 2.05) is 36.4 Å². The van der Waals surface area contributed by atoms with Gasteiger partial charge < -0.3 is 10.6 Å². The highest BCUT2D eigenvalue weighted by Crippen LogP contribution is 2.26. The molecule has 3 aromatic rings. The van der Waals surface area contributed by atoms with Gasteiger partial charge in [-0.1, -0.05) is 30.3 Å². The van der Waals surface area contributed by atoms with Crippen molar-refractivity contribution in [3.05, 3.63) is 90.0 Å². The summed E-state index contributed by atoms with van der Waals surface area (Å²) in [6, 6.07) is 19.2. The average molecular weight is 324 g/mol. The maximum Gasteiger partial charge on any atom is 0.258 e. The molecule has 3 nitrogen and oxygen atoms in total. The summed E-state index contributed by atoms with van der Waals surface area (Å²) in [4.78, 5) is 12.2. The Morgan fingerprint density at radius 3 is 2.21 bits per heavy atom. The van der Waals surface area contributed by atoms with Crippen molar-refractivity contribution < 1.29 is 13.6 Å². The zero-order chi connectivity index (χ0) is 16.9. The molecular weight excluding hydrogens is 310 g/mol. The minimum Gasteiger partial charge on any atom is -0.354 e. The number of anilines is 3. The summed E-state index contributed by atoms with van der Waals surface area (Å²) in [5.74, 6) is -2.16. The third kappa shape index (κ3) is 3.57. The van der Waals surface area contributed by atoms with Gasteiger partial charge >= 0.3 is 0 Å². The summed E-state index contributed by atoms with van der Waals surface area (Å²) < 4.78 is 27.0. The van der Waals surface area contributed by atoms with Crippen LogP contribution in [0.3, 0.4) is 0 Å². The fourth-order valence-electron chi connectivity index (χ4n) is 2.24. The molecule has 0 unspecified atom stereocenters. The van der Waals surface area contributed by atoms with Gasteiger partial charge in [0.2, 0.25) is 0 Å². The lowest BCUT2D eigenvalue weighted by Crippen LogP contribution is -2.15. The molecule has 0 heterocycles. The fraction of sp³-hybridized carbons (Fsp3) is 0. The molecule has 3 rings (SSSR count). The molecule has 0 radical (unpaired) electrons. The van der Waals surface area contributed by atoms with E-state index in [1.165, 1.54) is 0 Å². The highest BCUT2D eigenvalue weighted by Gasteiger charge is 2.14. The zero-order valence-electron chi connectivity index (χ0n) is 12.6. The van der Waals surface area contributed by atoms with Crippen molar-refractivity contribution in [2.75, 3.05) is 10.6 Å². The number of para-hydroxylation sites is 3. The first kappa shape index (κ1) is 15.7. The molecule has 0 saturated heterocycles. The second kappa shape index (κ2) is 6.91. The molecule has 5 heteroatoms. The van der Waals surface area contributed by atoms with Crippen LogP contribution in [0.15, 0.2) is 72.8 Å². The van der Waals surface area contributed by atoms with Crippen molar-refractivity contribution in [2.45, 2.75) is 0 Å². The number of nitrogens with one attached hydrogen (secondary N) is 2. The molecule has 0 aliphatic heterocycles. The number of hydrogen-bond donors (Lipinski definition) is 2. The first-order chi connectivity index (χ1) is 11.6. The largest absolute Gasteiger partial charge is 0.354 e. The minimum atomic E-state index is -0.776. The number of benzene rings is 3. The number of carbonyl (C=O) groups excluding carboxylic acids is 1. The van der Waals surface area contributed by atoms with E-state index in [1.54, 1.807) is 18.2 Å². The summed E-state index contributed by atoms with van der Waals surface area (Å²) in [5.41, 5.74) is 1.62. The number of rotatable bonds is 4. The number of amides is 1. The fourth-order valence-corrected chi connectivity index (χ4v) is 2.24. The normalized spacial score (nSPS) is 10.2. The van der Waals surface area contributed by atoms with Crippen molar-refractivity contribution in [2.24, 2.45) is 0 Å². The van der Waals surface area contributed by atoms with Gasteiger partial charge in [0.1, 0.15) is 11.6 Å². The Hall–Kier alpha value is -3.21. The lowest BCUT2D eigenvalue weighted by Gasteiger charge is -2.13. The van der Waals surface area contributed by atoms with Crippen LogP contribution in [-0.4, -0.2) is 5.91 Å². The summed E-state index contributed by atoms with van der Waals surface area (Å²) in [5, 5.41) is 5.78. The van der Waals surface area contributed by atoms with Gasteiger partial charge in [0.15, 0.2) is 0 Å². The molecule has 0 aliphatic carbocycles. The maximum absolute atomic E-state index is 13.7. The third-order valence-electron chi connectivity index (χ3n) is 3.40. The first-order valence-corrected chi connectivity index (χ1v) is 7.31. The van der Waals surface area contributed by atoms with Crippen molar-refractivity contribution in [1.29, 1.82) is 0 Å². The summed E-state index contributed by atoms with van der Waals surface area (Å²) >= 11 is 0. The predicted molar refractivity (Wildman–Crippen MR) is 90.5 cm³/mol. The van der Waals surface area contributed by atoms with Crippen LogP contribution >= 0.6 is 0 Å². The molecule has 0 atom stereocenters. The van der Waals surface area contributed by atoms with Crippen LogP contribution in [0.25, 0.3) is 0 Å². The first-order valence-electron chi connectivity index (χ1n) is 7.31. The van der Waals surface area contributed by atoms with E-state index in [0.717, 1.165) is 23.9 Å². The molecule has 0 aliphatic rings. The smallest absolute Gasteiger partial charge is 0.258 e. The standard InChI is InChI=1S/C19H14F2N2O/c20-13-10-11-16(21)15(12-13)19(24)23-18-9-5-4-8-17(18)22-14-6-2-1-3-7-14/h1-12,22H,(H,23,24). The molecule has 0 aromatic heterocycles. The van der Waals surface area contributed by atoms with E-state index in [9.17, 15) is 13.6 Å². The molecule has 0 spiro atoms. The van der Waals surface area contributed by atoms with Crippen molar-refractivity contribution in [3.8, 4) is 0 Å². The van der Waals surface area contributed by atoms with Gasteiger partial charge in [-0.05, 0) is 42.5 Å².